The van der Waals surface area contributed by atoms with Gasteiger partial charge in [0.05, 0.1) is 13.2 Å². The van der Waals surface area contributed by atoms with Crippen molar-refractivity contribution in [3.05, 3.63) is 58.7 Å². The zero-order valence-electron chi connectivity index (χ0n) is 31.6. The molecule has 0 radical (unpaired) electrons. The van der Waals surface area contributed by atoms with E-state index in [1.54, 1.807) is 4.90 Å². The van der Waals surface area contributed by atoms with Gasteiger partial charge in [0, 0.05) is 83.1 Å². The SMILES string of the molecule is CCOC(=O)CN1CCC(N2CCN(C(=O)[C@@H](Cc3cc(C)c(O)c(CC)c3)OC(=O)N3CCC(N4CCc5ccccc5NC4=O)CC3)CC2)CC1. The summed E-state index contributed by atoms with van der Waals surface area (Å²) in [7, 11) is 0. The summed E-state index contributed by atoms with van der Waals surface area (Å²) in [5.41, 5.74) is 4.32. The van der Waals surface area contributed by atoms with Crippen LogP contribution >= 0.6 is 0 Å². The molecular formula is C40H56N6O7. The largest absolute Gasteiger partial charge is 0.507 e. The van der Waals surface area contributed by atoms with Crippen LogP contribution in [-0.4, -0.2) is 144 Å². The topological polar surface area (TPSA) is 135 Å². The minimum atomic E-state index is -1.01. The van der Waals surface area contributed by atoms with Gasteiger partial charge in [0.25, 0.3) is 5.91 Å². The van der Waals surface area contributed by atoms with Crippen molar-refractivity contribution in [3.8, 4) is 5.75 Å². The molecule has 4 aliphatic heterocycles. The number of amides is 4. The third kappa shape index (κ3) is 9.42. The van der Waals surface area contributed by atoms with Gasteiger partial charge in [-0.1, -0.05) is 37.3 Å². The number of phenolic OH excluding ortho intramolecular Hbond substituents is 1. The second-order valence-corrected chi connectivity index (χ2v) is 14.8. The molecule has 3 saturated heterocycles. The molecule has 2 aromatic carbocycles. The molecule has 0 unspecified atom stereocenters. The van der Waals surface area contributed by atoms with Crippen LogP contribution in [0.2, 0.25) is 0 Å². The second kappa shape index (κ2) is 17.6. The minimum absolute atomic E-state index is 0.000623. The molecule has 53 heavy (non-hydrogen) atoms. The average Bonchev–Trinajstić information content (AvgIpc) is 3.34. The molecule has 13 heteroatoms. The molecule has 0 aromatic heterocycles. The number of rotatable bonds is 10. The Balaban J connectivity index is 1.06. The number of carbonyl (C=O) groups excluding carboxylic acids is 4. The van der Waals surface area contributed by atoms with Gasteiger partial charge in [-0.2, -0.15) is 0 Å². The Hall–Kier alpha value is -4.36. The molecular weight excluding hydrogens is 676 g/mol. The number of carbonyl (C=O) groups is 4. The highest BCUT2D eigenvalue weighted by atomic mass is 16.6. The number of urea groups is 1. The van der Waals surface area contributed by atoms with Crippen molar-refractivity contribution in [3.63, 3.8) is 0 Å². The number of piperidine rings is 2. The monoisotopic (exact) mass is 732 g/mol. The summed E-state index contributed by atoms with van der Waals surface area (Å²) in [4.78, 5) is 63.0. The normalized spacial score (nSPS) is 20.0. The molecule has 4 amide bonds. The van der Waals surface area contributed by atoms with E-state index in [1.807, 2.05) is 67.0 Å². The van der Waals surface area contributed by atoms with Gasteiger partial charge in [-0.05, 0) is 80.7 Å². The van der Waals surface area contributed by atoms with Crippen molar-refractivity contribution in [1.29, 1.82) is 0 Å². The molecule has 13 nitrogen and oxygen atoms in total. The van der Waals surface area contributed by atoms with E-state index in [-0.39, 0.29) is 36.1 Å². The molecule has 4 aliphatic rings. The molecule has 4 heterocycles. The van der Waals surface area contributed by atoms with Crippen LogP contribution in [-0.2, 0) is 38.3 Å². The van der Waals surface area contributed by atoms with Crippen LogP contribution in [0, 0.1) is 6.92 Å². The average molecular weight is 733 g/mol. The Bertz CT molecular complexity index is 1610. The maximum absolute atomic E-state index is 14.2. The number of ether oxygens (including phenoxy) is 2. The van der Waals surface area contributed by atoms with E-state index in [4.69, 9.17) is 9.47 Å². The van der Waals surface area contributed by atoms with Crippen molar-refractivity contribution < 1.29 is 33.8 Å². The van der Waals surface area contributed by atoms with E-state index in [0.717, 1.165) is 73.4 Å². The highest BCUT2D eigenvalue weighted by molar-refractivity contribution is 5.91. The van der Waals surface area contributed by atoms with Crippen LogP contribution < -0.4 is 5.32 Å². The van der Waals surface area contributed by atoms with Crippen LogP contribution in [0.15, 0.2) is 36.4 Å². The zero-order valence-corrected chi connectivity index (χ0v) is 31.6. The molecule has 0 saturated carbocycles. The van der Waals surface area contributed by atoms with E-state index < -0.39 is 12.2 Å². The molecule has 0 aliphatic carbocycles. The standard InChI is InChI=1S/C40H56N6O7/c1-4-30-25-29(24-28(3)37(30)48)26-35(38(49)44-22-20-43(21-23-44)32-11-15-42(16-12-32)27-36(47)52-5-2)53-40(51)45-17-13-33(14-18-45)46-19-10-31-8-6-7-9-34(31)41-39(46)50/h6-9,24-25,32-33,35,48H,4-5,10-23,26-27H2,1-3H3,(H,41,50)/t35-/m1/s1. The molecule has 0 bridgehead atoms. The highest BCUT2D eigenvalue weighted by Crippen LogP contribution is 2.28. The quantitative estimate of drug-likeness (QED) is 0.347. The van der Waals surface area contributed by atoms with E-state index in [0.29, 0.717) is 71.2 Å². The van der Waals surface area contributed by atoms with Crippen molar-refractivity contribution >= 4 is 29.7 Å². The highest BCUT2D eigenvalue weighted by Gasteiger charge is 2.36. The third-order valence-electron chi connectivity index (χ3n) is 11.4. The predicted molar refractivity (Wildman–Crippen MR) is 201 cm³/mol. The Morgan fingerprint density at radius 2 is 1.58 bits per heavy atom. The van der Waals surface area contributed by atoms with Gasteiger partial charge in [-0.3, -0.25) is 19.4 Å². The number of nitrogens with one attached hydrogen (secondary N) is 1. The molecule has 288 valence electrons. The first-order valence-electron chi connectivity index (χ1n) is 19.5. The first kappa shape index (κ1) is 38.4. The molecule has 1 atom stereocenters. The lowest BCUT2D eigenvalue weighted by Gasteiger charge is -2.43. The van der Waals surface area contributed by atoms with Crippen molar-refractivity contribution in [2.45, 2.75) is 83.9 Å². The van der Waals surface area contributed by atoms with Crippen molar-refractivity contribution in [2.75, 3.05) is 77.4 Å². The minimum Gasteiger partial charge on any atom is -0.507 e. The molecule has 3 fully saturated rings. The Labute approximate surface area is 313 Å². The summed E-state index contributed by atoms with van der Waals surface area (Å²) in [6, 6.07) is 11.9. The van der Waals surface area contributed by atoms with E-state index >= 15 is 0 Å². The first-order valence-corrected chi connectivity index (χ1v) is 19.5. The zero-order chi connectivity index (χ0) is 37.5. The molecule has 2 N–H and O–H groups in total. The summed E-state index contributed by atoms with van der Waals surface area (Å²) >= 11 is 0. The number of piperazine rings is 1. The van der Waals surface area contributed by atoms with Crippen LogP contribution in [0.25, 0.3) is 0 Å². The van der Waals surface area contributed by atoms with Gasteiger partial charge in [-0.25, -0.2) is 9.59 Å². The number of phenols is 1. The number of likely N-dealkylation sites (tertiary alicyclic amines) is 2. The fourth-order valence-electron chi connectivity index (χ4n) is 8.35. The fourth-order valence-corrected chi connectivity index (χ4v) is 8.35. The Morgan fingerprint density at radius 3 is 2.28 bits per heavy atom. The summed E-state index contributed by atoms with van der Waals surface area (Å²) in [6.07, 6.45) is 3.25. The summed E-state index contributed by atoms with van der Waals surface area (Å²) < 4.78 is 11.2. The maximum atomic E-state index is 14.2. The number of anilines is 1. The number of hydrogen-bond acceptors (Lipinski definition) is 9. The van der Waals surface area contributed by atoms with E-state index in [9.17, 15) is 24.3 Å². The molecule has 2 aromatic rings. The van der Waals surface area contributed by atoms with E-state index in [1.165, 1.54) is 0 Å². The van der Waals surface area contributed by atoms with E-state index in [2.05, 4.69) is 15.1 Å². The lowest BCUT2D eigenvalue weighted by Crippen LogP contribution is -2.57. The number of benzene rings is 2. The van der Waals surface area contributed by atoms with Crippen LogP contribution in [0.5, 0.6) is 5.75 Å². The number of esters is 1. The lowest BCUT2D eigenvalue weighted by molar-refractivity contribution is -0.144. The fraction of sp³-hybridized carbons (Fsp3) is 0.600. The van der Waals surface area contributed by atoms with Gasteiger partial charge in [0.15, 0.2) is 6.10 Å². The summed E-state index contributed by atoms with van der Waals surface area (Å²) in [6.45, 7) is 12.0. The summed E-state index contributed by atoms with van der Waals surface area (Å²) in [5, 5.41) is 13.6. The molecule has 0 spiro atoms. The number of para-hydroxylation sites is 1. The van der Waals surface area contributed by atoms with Crippen molar-refractivity contribution in [1.82, 2.24) is 24.5 Å². The van der Waals surface area contributed by atoms with Gasteiger partial charge in [-0.15, -0.1) is 0 Å². The maximum Gasteiger partial charge on any atom is 0.410 e. The first-order chi connectivity index (χ1) is 25.6. The number of hydrogen-bond donors (Lipinski definition) is 2. The van der Waals surface area contributed by atoms with Crippen LogP contribution in [0.3, 0.4) is 0 Å². The number of fused-ring (bicyclic) bond motifs is 1. The van der Waals surface area contributed by atoms with Crippen LogP contribution in [0.1, 0.15) is 61.8 Å². The number of aromatic hydroxyl groups is 1. The number of aryl methyl sites for hydroxylation is 2. The second-order valence-electron chi connectivity index (χ2n) is 14.8. The van der Waals surface area contributed by atoms with Crippen molar-refractivity contribution in [2.24, 2.45) is 0 Å². The van der Waals surface area contributed by atoms with Crippen LogP contribution in [0.4, 0.5) is 15.3 Å². The van der Waals surface area contributed by atoms with Gasteiger partial charge in [0.1, 0.15) is 5.75 Å². The van der Waals surface area contributed by atoms with Gasteiger partial charge < -0.3 is 34.6 Å². The Morgan fingerprint density at radius 1 is 0.887 bits per heavy atom. The predicted octanol–water partition coefficient (Wildman–Crippen LogP) is 4.04. The lowest BCUT2D eigenvalue weighted by atomic mass is 9.98. The smallest absolute Gasteiger partial charge is 0.410 e. The number of nitrogens with zero attached hydrogens (tertiary/aromatic N) is 5. The Kier molecular flexibility index (Phi) is 12.8. The van der Waals surface area contributed by atoms with Gasteiger partial charge in [0.2, 0.25) is 0 Å². The molecule has 6 rings (SSSR count). The van der Waals surface area contributed by atoms with Gasteiger partial charge >= 0.3 is 18.1 Å². The third-order valence-corrected chi connectivity index (χ3v) is 11.4. The summed E-state index contributed by atoms with van der Waals surface area (Å²) in [5.74, 6) is -0.134.